The van der Waals surface area contributed by atoms with Crippen molar-refractivity contribution in [2.45, 2.75) is 6.36 Å². The van der Waals surface area contributed by atoms with E-state index in [1.165, 1.54) is 25.3 Å². The predicted octanol–water partition coefficient (Wildman–Crippen LogP) is 4.14. The molecule has 7 heteroatoms. The molecule has 0 unspecified atom stereocenters. The first-order valence-corrected chi connectivity index (χ1v) is 6.35. The highest BCUT2D eigenvalue weighted by atomic mass is 19.4. The molecule has 114 valence electrons. The highest BCUT2D eigenvalue weighted by molar-refractivity contribution is 5.80. The summed E-state index contributed by atoms with van der Waals surface area (Å²) in [7, 11) is 1.37. The van der Waals surface area contributed by atoms with Gasteiger partial charge in [0.15, 0.2) is 0 Å². The van der Waals surface area contributed by atoms with Gasteiger partial charge in [-0.2, -0.15) is 0 Å². The molecule has 0 bridgehead atoms. The molecular formula is C15H11F3N2O2. The summed E-state index contributed by atoms with van der Waals surface area (Å²) in [5.41, 5.74) is 2.14. The van der Waals surface area contributed by atoms with E-state index in [0.717, 1.165) is 11.0 Å². The molecule has 0 saturated heterocycles. The second-order valence-electron chi connectivity index (χ2n) is 4.51. The Bertz CT molecular complexity index is 779. The Morgan fingerprint density at radius 1 is 1.09 bits per heavy atom. The summed E-state index contributed by atoms with van der Waals surface area (Å²) < 4.78 is 45.8. The monoisotopic (exact) mass is 308 g/mol. The fourth-order valence-corrected chi connectivity index (χ4v) is 2.14. The minimum Gasteiger partial charge on any atom is -0.496 e. The van der Waals surface area contributed by atoms with Gasteiger partial charge in [-0.05, 0) is 24.3 Å². The third kappa shape index (κ3) is 2.83. The summed E-state index contributed by atoms with van der Waals surface area (Å²) in [4.78, 5) is 7.50. The van der Waals surface area contributed by atoms with Crippen molar-refractivity contribution < 1.29 is 22.6 Å². The van der Waals surface area contributed by atoms with Crippen LogP contribution in [0.25, 0.3) is 22.4 Å². The molecular weight excluding hydrogens is 297 g/mol. The fraction of sp³-hybridized carbons (Fsp3) is 0.133. The maximum absolute atomic E-state index is 12.3. The van der Waals surface area contributed by atoms with Gasteiger partial charge in [0.25, 0.3) is 0 Å². The summed E-state index contributed by atoms with van der Waals surface area (Å²) in [6, 6.07) is 11.3. The van der Waals surface area contributed by atoms with Crippen molar-refractivity contribution >= 4 is 11.0 Å². The number of nitrogens with zero attached hydrogens (tertiary/aromatic N) is 1. The van der Waals surface area contributed by atoms with E-state index in [1.807, 2.05) is 24.3 Å². The van der Waals surface area contributed by atoms with E-state index in [1.54, 1.807) is 0 Å². The molecule has 0 spiro atoms. The molecule has 0 aliphatic heterocycles. The standard InChI is InChI=1S/C15H11F3N2O2/c1-21-13-8-9(22-15(16,17)18)6-7-10(13)14-19-11-4-2-3-5-12(11)20-14/h2-8H,1H3,(H,19,20). The summed E-state index contributed by atoms with van der Waals surface area (Å²) in [6.45, 7) is 0. The molecule has 0 amide bonds. The van der Waals surface area contributed by atoms with Crippen LogP contribution in [0.5, 0.6) is 11.5 Å². The minimum absolute atomic E-state index is 0.237. The molecule has 1 heterocycles. The van der Waals surface area contributed by atoms with Crippen molar-refractivity contribution in [2.75, 3.05) is 7.11 Å². The van der Waals surface area contributed by atoms with Crippen LogP contribution in [-0.2, 0) is 0 Å². The molecule has 0 aliphatic carbocycles. The number of benzene rings is 2. The topological polar surface area (TPSA) is 47.1 Å². The Morgan fingerprint density at radius 3 is 2.55 bits per heavy atom. The summed E-state index contributed by atoms with van der Waals surface area (Å²) in [5, 5.41) is 0. The van der Waals surface area contributed by atoms with Crippen LogP contribution in [0.4, 0.5) is 13.2 Å². The van der Waals surface area contributed by atoms with Crippen LogP contribution >= 0.6 is 0 Å². The first-order chi connectivity index (χ1) is 10.5. The third-order valence-corrected chi connectivity index (χ3v) is 3.05. The van der Waals surface area contributed by atoms with Crippen LogP contribution in [0.2, 0.25) is 0 Å². The highest BCUT2D eigenvalue weighted by Gasteiger charge is 2.31. The maximum Gasteiger partial charge on any atom is 0.573 e. The van der Waals surface area contributed by atoms with Gasteiger partial charge in [-0.15, -0.1) is 13.2 Å². The van der Waals surface area contributed by atoms with Crippen molar-refractivity contribution in [1.82, 2.24) is 9.97 Å². The average Bonchev–Trinajstić information content (AvgIpc) is 2.89. The Hall–Kier alpha value is -2.70. The van der Waals surface area contributed by atoms with Crippen molar-refractivity contribution in [2.24, 2.45) is 0 Å². The van der Waals surface area contributed by atoms with Gasteiger partial charge in [0.2, 0.25) is 0 Å². The van der Waals surface area contributed by atoms with Gasteiger partial charge in [-0.3, -0.25) is 0 Å². The second-order valence-corrected chi connectivity index (χ2v) is 4.51. The van der Waals surface area contributed by atoms with Gasteiger partial charge < -0.3 is 14.5 Å². The van der Waals surface area contributed by atoms with E-state index < -0.39 is 6.36 Å². The lowest BCUT2D eigenvalue weighted by atomic mass is 10.2. The molecule has 0 saturated carbocycles. The molecule has 0 fully saturated rings. The van der Waals surface area contributed by atoms with Crippen LogP contribution < -0.4 is 9.47 Å². The molecule has 3 aromatic rings. The zero-order chi connectivity index (χ0) is 15.7. The van der Waals surface area contributed by atoms with Gasteiger partial charge in [-0.1, -0.05) is 12.1 Å². The molecule has 2 aromatic carbocycles. The van der Waals surface area contributed by atoms with Gasteiger partial charge in [-0.25, -0.2) is 4.98 Å². The van der Waals surface area contributed by atoms with Gasteiger partial charge >= 0.3 is 6.36 Å². The number of para-hydroxylation sites is 2. The number of aromatic nitrogens is 2. The molecule has 1 N–H and O–H groups in total. The quantitative estimate of drug-likeness (QED) is 0.791. The Kier molecular flexibility index (Phi) is 3.40. The number of halogens is 3. The minimum atomic E-state index is -4.74. The van der Waals surface area contributed by atoms with Gasteiger partial charge in [0.05, 0.1) is 23.7 Å². The number of hydrogen-bond donors (Lipinski definition) is 1. The lowest BCUT2D eigenvalue weighted by Gasteiger charge is -2.11. The van der Waals surface area contributed by atoms with Crippen LogP contribution in [0.1, 0.15) is 0 Å². The van der Waals surface area contributed by atoms with E-state index in [4.69, 9.17) is 4.74 Å². The number of rotatable bonds is 3. The number of ether oxygens (including phenoxy) is 2. The Balaban J connectivity index is 2.03. The third-order valence-electron chi connectivity index (χ3n) is 3.05. The van der Waals surface area contributed by atoms with Gasteiger partial charge in [0, 0.05) is 6.07 Å². The van der Waals surface area contributed by atoms with Crippen LogP contribution in [0, 0.1) is 0 Å². The summed E-state index contributed by atoms with van der Waals surface area (Å²) >= 11 is 0. The molecule has 22 heavy (non-hydrogen) atoms. The Labute approximate surface area is 123 Å². The Morgan fingerprint density at radius 2 is 1.86 bits per heavy atom. The number of H-pyrrole nitrogens is 1. The normalized spacial score (nSPS) is 11.6. The first-order valence-electron chi connectivity index (χ1n) is 6.35. The fourth-order valence-electron chi connectivity index (χ4n) is 2.14. The summed E-state index contributed by atoms with van der Waals surface area (Å²) in [6.07, 6.45) is -4.74. The smallest absolute Gasteiger partial charge is 0.496 e. The van der Waals surface area contributed by atoms with Crippen molar-refractivity contribution in [3.63, 3.8) is 0 Å². The number of hydrogen-bond acceptors (Lipinski definition) is 3. The largest absolute Gasteiger partial charge is 0.573 e. The zero-order valence-corrected chi connectivity index (χ0v) is 11.4. The SMILES string of the molecule is COc1cc(OC(F)(F)F)ccc1-c1nc2ccccc2[nH]1. The van der Waals surface area contributed by atoms with Crippen LogP contribution in [0.3, 0.4) is 0 Å². The number of aromatic amines is 1. The molecule has 0 aliphatic rings. The van der Waals surface area contributed by atoms with E-state index in [0.29, 0.717) is 11.4 Å². The molecule has 1 aromatic heterocycles. The van der Waals surface area contributed by atoms with E-state index in [-0.39, 0.29) is 11.5 Å². The van der Waals surface area contributed by atoms with Gasteiger partial charge in [0.1, 0.15) is 17.3 Å². The molecule has 3 rings (SSSR count). The molecule has 0 radical (unpaired) electrons. The van der Waals surface area contributed by atoms with Crippen LogP contribution in [0.15, 0.2) is 42.5 Å². The number of alkyl halides is 3. The number of imidazole rings is 1. The van der Waals surface area contributed by atoms with Crippen LogP contribution in [-0.4, -0.2) is 23.4 Å². The van der Waals surface area contributed by atoms with Crippen molar-refractivity contribution in [3.05, 3.63) is 42.5 Å². The van der Waals surface area contributed by atoms with Crippen molar-refractivity contribution in [3.8, 4) is 22.9 Å². The number of fused-ring (bicyclic) bond motifs is 1. The van der Waals surface area contributed by atoms with E-state index in [9.17, 15) is 13.2 Å². The highest BCUT2D eigenvalue weighted by Crippen LogP contribution is 2.34. The first kappa shape index (κ1) is 14.2. The van der Waals surface area contributed by atoms with E-state index in [2.05, 4.69) is 14.7 Å². The lowest BCUT2D eigenvalue weighted by molar-refractivity contribution is -0.274. The lowest BCUT2D eigenvalue weighted by Crippen LogP contribution is -2.17. The zero-order valence-electron chi connectivity index (χ0n) is 11.4. The average molecular weight is 308 g/mol. The van der Waals surface area contributed by atoms with Crippen molar-refractivity contribution in [1.29, 1.82) is 0 Å². The number of nitrogens with one attached hydrogen (secondary N) is 1. The number of methoxy groups -OCH3 is 1. The summed E-state index contributed by atoms with van der Waals surface area (Å²) in [5.74, 6) is 0.404. The molecule has 0 atom stereocenters. The second kappa shape index (κ2) is 5.25. The maximum atomic E-state index is 12.3. The molecule has 4 nitrogen and oxygen atoms in total. The van der Waals surface area contributed by atoms with E-state index >= 15 is 0 Å². The predicted molar refractivity (Wildman–Crippen MR) is 74.8 cm³/mol.